The molecule has 0 heterocycles. The highest BCUT2D eigenvalue weighted by molar-refractivity contribution is 5.20. The second-order valence-corrected chi connectivity index (χ2v) is 4.14. The number of hydrogen-bond donors (Lipinski definition) is 1. The Bertz CT molecular complexity index is 293. The Hall–Kier alpha value is -1.10. The molecule has 17 heavy (non-hydrogen) atoms. The van der Waals surface area contributed by atoms with Gasteiger partial charge in [-0.05, 0) is 19.2 Å². The van der Waals surface area contributed by atoms with Gasteiger partial charge in [0.25, 0.3) is 0 Å². The smallest absolute Gasteiger partial charge is 0.119 e. The minimum atomic E-state index is 0.0572. The fourth-order valence-electron chi connectivity index (χ4n) is 1.59. The van der Waals surface area contributed by atoms with Crippen LogP contribution in [0.25, 0.3) is 0 Å². The van der Waals surface area contributed by atoms with Crippen molar-refractivity contribution in [2.24, 2.45) is 5.73 Å². The van der Waals surface area contributed by atoms with E-state index in [1.807, 2.05) is 37.4 Å². The molecule has 2 N–H and O–H groups in total. The summed E-state index contributed by atoms with van der Waals surface area (Å²) in [5.74, 6) is 0.905. The number of benzene rings is 1. The second-order valence-electron chi connectivity index (χ2n) is 4.14. The van der Waals surface area contributed by atoms with E-state index in [1.54, 1.807) is 7.11 Å². The van der Waals surface area contributed by atoms with Crippen LogP contribution in [0.15, 0.2) is 30.3 Å². The van der Waals surface area contributed by atoms with Crippen LogP contribution in [0.2, 0.25) is 0 Å². The van der Waals surface area contributed by atoms with E-state index in [1.165, 1.54) is 0 Å². The van der Waals surface area contributed by atoms with Gasteiger partial charge in [0.05, 0.1) is 6.61 Å². The summed E-state index contributed by atoms with van der Waals surface area (Å²) in [5.41, 5.74) is 5.86. The van der Waals surface area contributed by atoms with E-state index >= 15 is 0 Å². The third-order valence-electron chi connectivity index (χ3n) is 2.41. The zero-order valence-electron chi connectivity index (χ0n) is 10.6. The molecule has 4 heteroatoms. The molecule has 96 valence electrons. The highest BCUT2D eigenvalue weighted by Crippen LogP contribution is 2.07. The predicted octanol–water partition coefficient (Wildman–Crippen LogP) is 0.971. The normalized spacial score (nSPS) is 12.7. The fraction of sp³-hybridized carbons (Fsp3) is 0.538. The predicted molar refractivity (Wildman–Crippen MR) is 69.3 cm³/mol. The van der Waals surface area contributed by atoms with Crippen molar-refractivity contribution in [3.8, 4) is 5.75 Å². The SMILES string of the molecule is COCC(N)CN(C)CCOc1ccccc1. The van der Waals surface area contributed by atoms with E-state index in [2.05, 4.69) is 4.90 Å². The van der Waals surface area contributed by atoms with Gasteiger partial charge < -0.3 is 20.1 Å². The first-order chi connectivity index (χ1) is 8.22. The first-order valence-corrected chi connectivity index (χ1v) is 5.83. The van der Waals surface area contributed by atoms with Crippen LogP contribution < -0.4 is 10.5 Å². The molecule has 0 radical (unpaired) electrons. The molecule has 0 saturated heterocycles. The maximum absolute atomic E-state index is 5.86. The van der Waals surface area contributed by atoms with Gasteiger partial charge in [0.1, 0.15) is 12.4 Å². The maximum Gasteiger partial charge on any atom is 0.119 e. The third kappa shape index (κ3) is 6.26. The van der Waals surface area contributed by atoms with Crippen LogP contribution in [-0.2, 0) is 4.74 Å². The number of para-hydroxylation sites is 1. The average Bonchev–Trinajstić information content (AvgIpc) is 2.30. The lowest BCUT2D eigenvalue weighted by molar-refractivity contribution is 0.154. The first-order valence-electron chi connectivity index (χ1n) is 5.83. The van der Waals surface area contributed by atoms with Gasteiger partial charge in [-0.15, -0.1) is 0 Å². The van der Waals surface area contributed by atoms with E-state index in [4.69, 9.17) is 15.2 Å². The zero-order chi connectivity index (χ0) is 12.5. The topological polar surface area (TPSA) is 47.7 Å². The van der Waals surface area contributed by atoms with E-state index in [9.17, 15) is 0 Å². The van der Waals surface area contributed by atoms with Crippen molar-refractivity contribution >= 4 is 0 Å². The van der Waals surface area contributed by atoms with Gasteiger partial charge in [-0.2, -0.15) is 0 Å². The summed E-state index contributed by atoms with van der Waals surface area (Å²) < 4.78 is 10.6. The summed E-state index contributed by atoms with van der Waals surface area (Å²) in [4.78, 5) is 2.15. The van der Waals surface area contributed by atoms with Gasteiger partial charge in [-0.25, -0.2) is 0 Å². The van der Waals surface area contributed by atoms with Gasteiger partial charge in [-0.3, -0.25) is 0 Å². The van der Waals surface area contributed by atoms with Gasteiger partial charge in [0.2, 0.25) is 0 Å². The molecule has 0 spiro atoms. The lowest BCUT2D eigenvalue weighted by Gasteiger charge is -2.20. The molecule has 0 amide bonds. The number of nitrogens with zero attached hydrogens (tertiary/aromatic N) is 1. The van der Waals surface area contributed by atoms with Gasteiger partial charge in [0.15, 0.2) is 0 Å². The number of rotatable bonds is 8. The maximum atomic E-state index is 5.86. The van der Waals surface area contributed by atoms with E-state index in [-0.39, 0.29) is 6.04 Å². The van der Waals surface area contributed by atoms with Crippen LogP contribution in [0.3, 0.4) is 0 Å². The number of ether oxygens (including phenoxy) is 2. The molecule has 0 aliphatic carbocycles. The quantitative estimate of drug-likeness (QED) is 0.733. The minimum Gasteiger partial charge on any atom is -0.492 e. The van der Waals surface area contributed by atoms with Crippen molar-refractivity contribution < 1.29 is 9.47 Å². The molecule has 1 rings (SSSR count). The monoisotopic (exact) mass is 238 g/mol. The van der Waals surface area contributed by atoms with Crippen LogP contribution in [-0.4, -0.2) is 51.4 Å². The van der Waals surface area contributed by atoms with E-state index in [0.29, 0.717) is 13.2 Å². The minimum absolute atomic E-state index is 0.0572. The van der Waals surface area contributed by atoms with Crippen molar-refractivity contribution in [2.45, 2.75) is 6.04 Å². The molecule has 1 atom stereocenters. The molecular weight excluding hydrogens is 216 g/mol. The standard InChI is InChI=1S/C13H22N2O2/c1-15(10-12(14)11-16-2)8-9-17-13-6-4-3-5-7-13/h3-7,12H,8-11,14H2,1-2H3. The summed E-state index contributed by atoms with van der Waals surface area (Å²) in [6.07, 6.45) is 0. The lowest BCUT2D eigenvalue weighted by Crippen LogP contribution is -2.39. The van der Waals surface area contributed by atoms with Gasteiger partial charge in [-0.1, -0.05) is 18.2 Å². The number of likely N-dealkylation sites (N-methyl/N-ethyl adjacent to an activating group) is 1. The van der Waals surface area contributed by atoms with Crippen molar-refractivity contribution in [1.82, 2.24) is 4.90 Å². The number of hydrogen-bond acceptors (Lipinski definition) is 4. The molecular formula is C13H22N2O2. The first kappa shape index (κ1) is 14.0. The molecule has 1 unspecified atom stereocenters. The van der Waals surface area contributed by atoms with Crippen LogP contribution in [0.1, 0.15) is 0 Å². The average molecular weight is 238 g/mol. The summed E-state index contributed by atoms with van der Waals surface area (Å²) >= 11 is 0. The molecule has 1 aromatic rings. The van der Waals surface area contributed by atoms with E-state index in [0.717, 1.165) is 18.8 Å². The van der Waals surface area contributed by atoms with Crippen LogP contribution in [0.4, 0.5) is 0 Å². The molecule has 0 aliphatic rings. The Labute approximate surface area is 103 Å². The van der Waals surface area contributed by atoms with Crippen molar-refractivity contribution in [3.63, 3.8) is 0 Å². The molecule has 0 aromatic heterocycles. The zero-order valence-corrected chi connectivity index (χ0v) is 10.6. The lowest BCUT2D eigenvalue weighted by atomic mass is 10.3. The number of methoxy groups -OCH3 is 1. The summed E-state index contributed by atoms with van der Waals surface area (Å²) in [5, 5.41) is 0. The van der Waals surface area contributed by atoms with Crippen LogP contribution >= 0.6 is 0 Å². The highest BCUT2D eigenvalue weighted by Gasteiger charge is 2.06. The number of nitrogens with two attached hydrogens (primary N) is 1. The molecule has 0 bridgehead atoms. The van der Waals surface area contributed by atoms with Crippen molar-refractivity contribution in [2.75, 3.05) is 40.5 Å². The Balaban J connectivity index is 2.14. The second kappa shape index (κ2) is 8.06. The van der Waals surface area contributed by atoms with Gasteiger partial charge in [0, 0.05) is 26.2 Å². The molecule has 4 nitrogen and oxygen atoms in total. The molecule has 1 aromatic carbocycles. The summed E-state index contributed by atoms with van der Waals surface area (Å²) in [6.45, 7) is 2.92. The van der Waals surface area contributed by atoms with Crippen LogP contribution in [0.5, 0.6) is 5.75 Å². The van der Waals surface area contributed by atoms with Crippen LogP contribution in [0, 0.1) is 0 Å². The summed E-state index contributed by atoms with van der Waals surface area (Å²) in [6, 6.07) is 9.87. The van der Waals surface area contributed by atoms with Crippen molar-refractivity contribution in [1.29, 1.82) is 0 Å². The highest BCUT2D eigenvalue weighted by atomic mass is 16.5. The van der Waals surface area contributed by atoms with Crippen molar-refractivity contribution in [3.05, 3.63) is 30.3 Å². The third-order valence-corrected chi connectivity index (χ3v) is 2.41. The summed E-state index contributed by atoms with van der Waals surface area (Å²) in [7, 11) is 3.70. The largest absolute Gasteiger partial charge is 0.492 e. The Morgan fingerprint density at radius 2 is 2.00 bits per heavy atom. The molecule has 0 saturated carbocycles. The molecule has 0 fully saturated rings. The Morgan fingerprint density at radius 1 is 1.29 bits per heavy atom. The fourth-order valence-corrected chi connectivity index (χ4v) is 1.59. The van der Waals surface area contributed by atoms with Gasteiger partial charge >= 0.3 is 0 Å². The Kier molecular flexibility index (Phi) is 6.62. The Morgan fingerprint density at radius 3 is 2.65 bits per heavy atom. The van der Waals surface area contributed by atoms with E-state index < -0.39 is 0 Å². The molecule has 0 aliphatic heterocycles.